The molecule has 0 amide bonds. The van der Waals surface area contributed by atoms with Crippen LogP contribution in [0.2, 0.25) is 0 Å². The van der Waals surface area contributed by atoms with Crippen LogP contribution in [0.1, 0.15) is 44.2 Å². The number of H-pyrrole nitrogens is 1. The summed E-state index contributed by atoms with van der Waals surface area (Å²) >= 11 is 1.24. The number of thiazole rings is 1. The van der Waals surface area contributed by atoms with Gasteiger partial charge in [-0.15, -0.1) is 0 Å². The predicted molar refractivity (Wildman–Crippen MR) is 78.6 cm³/mol. The highest BCUT2D eigenvalue weighted by molar-refractivity contribution is 7.07. The van der Waals surface area contributed by atoms with E-state index in [4.69, 9.17) is 0 Å². The zero-order valence-corrected chi connectivity index (χ0v) is 12.1. The summed E-state index contributed by atoms with van der Waals surface area (Å²) in [4.78, 5) is 13.9. The van der Waals surface area contributed by atoms with Gasteiger partial charge in [-0.05, 0) is 31.6 Å². The maximum absolute atomic E-state index is 11.0. The molecule has 5 heteroatoms. The zero-order chi connectivity index (χ0) is 13.1. The van der Waals surface area contributed by atoms with Crippen LogP contribution in [0.15, 0.2) is 10.2 Å². The molecule has 19 heavy (non-hydrogen) atoms. The van der Waals surface area contributed by atoms with Crippen LogP contribution in [0.5, 0.6) is 0 Å². The highest BCUT2D eigenvalue weighted by atomic mass is 32.1. The maximum atomic E-state index is 11.0. The molecular weight excluding hydrogens is 258 g/mol. The Balaban J connectivity index is 1.42. The van der Waals surface area contributed by atoms with E-state index in [1.165, 1.54) is 49.9 Å². The SMILES string of the molecule is O=c1[nH]c(CNCC2CCC3CCCCC3N2)cs1. The monoisotopic (exact) mass is 281 g/mol. The van der Waals surface area contributed by atoms with Crippen LogP contribution < -0.4 is 15.5 Å². The van der Waals surface area contributed by atoms with Crippen molar-refractivity contribution in [3.05, 3.63) is 20.7 Å². The van der Waals surface area contributed by atoms with Crippen LogP contribution >= 0.6 is 11.3 Å². The summed E-state index contributed by atoms with van der Waals surface area (Å²) in [7, 11) is 0. The fourth-order valence-corrected chi connectivity index (χ4v) is 4.10. The van der Waals surface area contributed by atoms with Crippen LogP contribution in [0, 0.1) is 5.92 Å². The Hall–Kier alpha value is -0.650. The van der Waals surface area contributed by atoms with E-state index in [9.17, 15) is 4.79 Å². The number of hydrogen-bond donors (Lipinski definition) is 3. The molecule has 1 aromatic heterocycles. The Morgan fingerprint density at radius 2 is 2.16 bits per heavy atom. The Labute approximate surface area is 118 Å². The summed E-state index contributed by atoms with van der Waals surface area (Å²) in [6.07, 6.45) is 8.28. The van der Waals surface area contributed by atoms with E-state index < -0.39 is 0 Å². The van der Waals surface area contributed by atoms with Crippen molar-refractivity contribution in [2.24, 2.45) is 5.92 Å². The van der Waals surface area contributed by atoms with Gasteiger partial charge in [0.2, 0.25) is 0 Å². The van der Waals surface area contributed by atoms with Crippen molar-refractivity contribution in [1.29, 1.82) is 0 Å². The third-order valence-corrected chi connectivity index (χ3v) is 5.24. The minimum absolute atomic E-state index is 0.0395. The Morgan fingerprint density at radius 1 is 1.26 bits per heavy atom. The second-order valence-corrected chi connectivity index (χ2v) is 6.74. The molecule has 2 heterocycles. The minimum atomic E-state index is 0.0395. The highest BCUT2D eigenvalue weighted by Crippen LogP contribution is 2.31. The van der Waals surface area contributed by atoms with E-state index in [1.54, 1.807) is 0 Å². The lowest BCUT2D eigenvalue weighted by atomic mass is 9.78. The number of fused-ring (bicyclic) bond motifs is 1. The van der Waals surface area contributed by atoms with Gasteiger partial charge in [0.1, 0.15) is 0 Å². The second kappa shape index (κ2) is 6.20. The van der Waals surface area contributed by atoms with Crippen molar-refractivity contribution in [3.8, 4) is 0 Å². The standard InChI is InChI=1S/C14H23N3OS/c18-14-17-12(9-19-14)8-15-7-11-6-5-10-3-1-2-4-13(10)16-11/h9-11,13,15-16H,1-8H2,(H,17,18). The fourth-order valence-electron chi connectivity index (χ4n) is 3.52. The largest absolute Gasteiger partial charge is 0.315 e. The van der Waals surface area contributed by atoms with Crippen molar-refractivity contribution in [2.45, 2.75) is 57.2 Å². The number of hydrogen-bond acceptors (Lipinski definition) is 4. The Morgan fingerprint density at radius 3 is 3.00 bits per heavy atom. The van der Waals surface area contributed by atoms with Gasteiger partial charge in [-0.25, -0.2) is 0 Å². The average Bonchev–Trinajstić information content (AvgIpc) is 2.84. The molecule has 1 aliphatic carbocycles. The molecular formula is C14H23N3OS. The van der Waals surface area contributed by atoms with Crippen molar-refractivity contribution in [2.75, 3.05) is 6.54 Å². The zero-order valence-electron chi connectivity index (χ0n) is 11.3. The van der Waals surface area contributed by atoms with Gasteiger partial charge >= 0.3 is 4.87 Å². The maximum Gasteiger partial charge on any atom is 0.304 e. The van der Waals surface area contributed by atoms with Gasteiger partial charge in [0.25, 0.3) is 0 Å². The van der Waals surface area contributed by atoms with E-state index in [-0.39, 0.29) is 4.87 Å². The summed E-state index contributed by atoms with van der Waals surface area (Å²) in [6, 6.07) is 1.36. The first-order valence-electron chi connectivity index (χ1n) is 7.45. The lowest BCUT2D eigenvalue weighted by molar-refractivity contribution is 0.174. The molecule has 2 aliphatic rings. The summed E-state index contributed by atoms with van der Waals surface area (Å²) in [6.45, 7) is 1.77. The van der Waals surface area contributed by atoms with E-state index in [1.807, 2.05) is 5.38 Å². The first kappa shape index (κ1) is 13.3. The van der Waals surface area contributed by atoms with Crippen LogP contribution in [0.4, 0.5) is 0 Å². The molecule has 0 bridgehead atoms. The second-order valence-electron chi connectivity index (χ2n) is 5.90. The lowest BCUT2D eigenvalue weighted by Gasteiger charge is -2.40. The van der Waals surface area contributed by atoms with Gasteiger partial charge in [-0.2, -0.15) is 0 Å². The van der Waals surface area contributed by atoms with Gasteiger partial charge in [0.15, 0.2) is 0 Å². The predicted octanol–water partition coefficient (Wildman–Crippen LogP) is 1.84. The molecule has 1 aliphatic heterocycles. The summed E-state index contributed by atoms with van der Waals surface area (Å²) < 4.78 is 0. The van der Waals surface area contributed by atoms with Gasteiger partial charge in [0, 0.05) is 36.2 Å². The van der Waals surface area contributed by atoms with E-state index in [2.05, 4.69) is 15.6 Å². The molecule has 1 saturated heterocycles. The van der Waals surface area contributed by atoms with Crippen molar-refractivity contribution >= 4 is 11.3 Å². The van der Waals surface area contributed by atoms with E-state index in [0.717, 1.165) is 30.7 Å². The molecule has 1 saturated carbocycles. The van der Waals surface area contributed by atoms with Crippen LogP contribution in [-0.4, -0.2) is 23.6 Å². The van der Waals surface area contributed by atoms with E-state index in [0.29, 0.717) is 6.04 Å². The van der Waals surface area contributed by atoms with Crippen molar-refractivity contribution in [3.63, 3.8) is 0 Å². The number of aromatic amines is 1. The number of aromatic nitrogens is 1. The minimum Gasteiger partial charge on any atom is -0.315 e. The molecule has 0 aromatic carbocycles. The molecule has 3 atom stereocenters. The molecule has 3 N–H and O–H groups in total. The topological polar surface area (TPSA) is 56.9 Å². The summed E-state index contributed by atoms with van der Waals surface area (Å²) in [5, 5.41) is 9.17. The number of nitrogens with one attached hydrogen (secondary N) is 3. The quantitative estimate of drug-likeness (QED) is 0.789. The first-order valence-corrected chi connectivity index (χ1v) is 8.32. The van der Waals surface area contributed by atoms with Crippen molar-refractivity contribution < 1.29 is 0 Å². The highest BCUT2D eigenvalue weighted by Gasteiger charge is 2.31. The van der Waals surface area contributed by atoms with Crippen LogP contribution in [0.3, 0.4) is 0 Å². The van der Waals surface area contributed by atoms with Gasteiger partial charge < -0.3 is 15.6 Å². The van der Waals surface area contributed by atoms with Gasteiger partial charge in [0.05, 0.1) is 0 Å². The number of rotatable bonds is 4. The lowest BCUT2D eigenvalue weighted by Crippen LogP contribution is -2.52. The van der Waals surface area contributed by atoms with Crippen LogP contribution in [0.25, 0.3) is 0 Å². The van der Waals surface area contributed by atoms with Crippen molar-refractivity contribution in [1.82, 2.24) is 15.6 Å². The summed E-state index contributed by atoms with van der Waals surface area (Å²) in [5.74, 6) is 0.929. The molecule has 3 unspecified atom stereocenters. The van der Waals surface area contributed by atoms with Gasteiger partial charge in [-0.3, -0.25) is 4.79 Å². The number of piperidine rings is 1. The smallest absolute Gasteiger partial charge is 0.304 e. The summed E-state index contributed by atoms with van der Waals surface area (Å²) in [5.41, 5.74) is 1.00. The van der Waals surface area contributed by atoms with Gasteiger partial charge in [-0.1, -0.05) is 24.2 Å². The Kier molecular flexibility index (Phi) is 4.35. The normalized spacial score (nSPS) is 31.1. The Bertz CT molecular complexity index is 456. The molecule has 0 radical (unpaired) electrons. The van der Waals surface area contributed by atoms with Crippen LogP contribution in [-0.2, 0) is 6.54 Å². The third-order valence-electron chi connectivity index (χ3n) is 4.52. The fraction of sp³-hybridized carbons (Fsp3) is 0.786. The third kappa shape index (κ3) is 3.46. The molecule has 106 valence electrons. The molecule has 3 rings (SSSR count). The molecule has 1 aromatic rings. The molecule has 4 nitrogen and oxygen atoms in total. The first-order chi connectivity index (χ1) is 9.31. The van der Waals surface area contributed by atoms with E-state index >= 15 is 0 Å². The molecule has 0 spiro atoms. The average molecular weight is 281 g/mol. The molecule has 2 fully saturated rings.